The first-order valence-electron chi connectivity index (χ1n) is 10.9. The molecule has 0 amide bonds. The van der Waals surface area contributed by atoms with Gasteiger partial charge in [-0.1, -0.05) is 24.3 Å². The average molecular weight is 422 g/mol. The van der Waals surface area contributed by atoms with Crippen LogP contribution in [0, 0.1) is 0 Å². The van der Waals surface area contributed by atoms with E-state index in [2.05, 4.69) is 64.3 Å². The third kappa shape index (κ3) is 3.20. The molecule has 1 unspecified atom stereocenters. The molecule has 3 aromatic heterocycles. The van der Waals surface area contributed by atoms with Crippen LogP contribution in [-0.2, 0) is 4.74 Å². The number of nitrogens with one attached hydrogen (secondary N) is 1. The molecule has 1 atom stereocenters. The van der Waals surface area contributed by atoms with E-state index in [0.717, 1.165) is 56.7 Å². The summed E-state index contributed by atoms with van der Waals surface area (Å²) in [6.07, 6.45) is 5.64. The van der Waals surface area contributed by atoms with E-state index in [1.165, 1.54) is 0 Å². The highest BCUT2D eigenvalue weighted by Crippen LogP contribution is 2.34. The molecule has 6 rings (SSSR count). The van der Waals surface area contributed by atoms with E-state index in [0.29, 0.717) is 13.2 Å². The van der Waals surface area contributed by atoms with Crippen LogP contribution in [0.15, 0.2) is 73.2 Å². The molecule has 0 spiro atoms. The summed E-state index contributed by atoms with van der Waals surface area (Å²) < 4.78 is 5.70. The molecule has 1 N–H and O–H groups in total. The highest BCUT2D eigenvalue weighted by molar-refractivity contribution is 5.98. The number of anilines is 1. The number of pyridine rings is 1. The van der Waals surface area contributed by atoms with Gasteiger partial charge in [0, 0.05) is 52.6 Å². The molecule has 1 saturated heterocycles. The smallest absolute Gasteiger partial charge is 0.162 e. The van der Waals surface area contributed by atoms with Gasteiger partial charge in [0.25, 0.3) is 0 Å². The van der Waals surface area contributed by atoms with E-state index in [-0.39, 0.29) is 6.04 Å². The number of rotatable bonds is 3. The Bertz CT molecular complexity index is 1410. The maximum Gasteiger partial charge on any atom is 0.162 e. The van der Waals surface area contributed by atoms with Gasteiger partial charge in [-0.25, -0.2) is 9.97 Å². The topological polar surface area (TPSA) is 66.9 Å². The van der Waals surface area contributed by atoms with Crippen LogP contribution in [0.3, 0.4) is 0 Å². The van der Waals surface area contributed by atoms with Crippen molar-refractivity contribution in [2.24, 2.45) is 0 Å². The van der Waals surface area contributed by atoms with Gasteiger partial charge in [-0.3, -0.25) is 4.98 Å². The second-order valence-electron chi connectivity index (χ2n) is 8.21. The lowest BCUT2D eigenvalue weighted by atomic mass is 10.0. The number of hydrogen-bond acceptors (Lipinski definition) is 5. The molecule has 5 aromatic rings. The molecule has 6 heteroatoms. The van der Waals surface area contributed by atoms with Crippen LogP contribution >= 0.6 is 0 Å². The summed E-state index contributed by atoms with van der Waals surface area (Å²) in [5.74, 6) is 1.70. The number of nitrogens with zero attached hydrogens (tertiary/aromatic N) is 4. The van der Waals surface area contributed by atoms with Crippen LogP contribution < -0.4 is 4.90 Å². The molecule has 2 aromatic carbocycles. The van der Waals surface area contributed by atoms with Gasteiger partial charge in [0.1, 0.15) is 5.82 Å². The van der Waals surface area contributed by atoms with E-state index in [4.69, 9.17) is 14.7 Å². The Kier molecular flexibility index (Phi) is 4.58. The second kappa shape index (κ2) is 7.73. The van der Waals surface area contributed by atoms with Crippen molar-refractivity contribution in [1.29, 1.82) is 0 Å². The van der Waals surface area contributed by atoms with Gasteiger partial charge in [0.2, 0.25) is 0 Å². The summed E-state index contributed by atoms with van der Waals surface area (Å²) >= 11 is 0. The Labute approximate surface area is 185 Å². The molecule has 32 heavy (non-hydrogen) atoms. The Morgan fingerprint density at radius 2 is 1.97 bits per heavy atom. The quantitative estimate of drug-likeness (QED) is 0.441. The normalized spacial score (nSPS) is 16.7. The number of hydrogen-bond donors (Lipinski definition) is 1. The monoisotopic (exact) mass is 421 g/mol. The molecular weight excluding hydrogens is 398 g/mol. The van der Waals surface area contributed by atoms with Gasteiger partial charge < -0.3 is 14.6 Å². The number of aromatic amines is 1. The Morgan fingerprint density at radius 3 is 2.84 bits per heavy atom. The molecule has 1 fully saturated rings. The summed E-state index contributed by atoms with van der Waals surface area (Å²) in [5, 5.41) is 2.17. The zero-order chi connectivity index (χ0) is 21.5. The van der Waals surface area contributed by atoms with E-state index in [1.807, 2.05) is 24.5 Å². The Morgan fingerprint density at radius 1 is 1.00 bits per heavy atom. The van der Waals surface area contributed by atoms with Crippen LogP contribution in [0.25, 0.3) is 44.3 Å². The van der Waals surface area contributed by atoms with Gasteiger partial charge in [-0.15, -0.1) is 0 Å². The van der Waals surface area contributed by atoms with Gasteiger partial charge in [0.15, 0.2) is 5.82 Å². The zero-order valence-electron chi connectivity index (χ0n) is 17.8. The van der Waals surface area contributed by atoms with Crippen LogP contribution in [0.2, 0.25) is 0 Å². The minimum absolute atomic E-state index is 0.236. The lowest BCUT2D eigenvalue weighted by Gasteiger charge is -2.35. The van der Waals surface area contributed by atoms with E-state index < -0.39 is 0 Å². The van der Waals surface area contributed by atoms with Crippen molar-refractivity contribution in [3.8, 4) is 22.5 Å². The summed E-state index contributed by atoms with van der Waals surface area (Å²) in [4.78, 5) is 20.1. The van der Waals surface area contributed by atoms with Crippen LogP contribution in [0.4, 0.5) is 5.82 Å². The van der Waals surface area contributed by atoms with Gasteiger partial charge in [-0.05, 0) is 42.8 Å². The predicted octanol–water partition coefficient (Wildman–Crippen LogP) is 5.07. The predicted molar refractivity (Wildman–Crippen MR) is 128 cm³/mol. The Balaban J connectivity index is 1.59. The lowest BCUT2D eigenvalue weighted by Crippen LogP contribution is -2.44. The van der Waals surface area contributed by atoms with Crippen LogP contribution in [-0.4, -0.2) is 45.7 Å². The first-order valence-corrected chi connectivity index (χ1v) is 10.9. The third-order valence-electron chi connectivity index (χ3n) is 6.15. The van der Waals surface area contributed by atoms with Crippen molar-refractivity contribution in [3.63, 3.8) is 0 Å². The molecule has 1 aliphatic rings. The van der Waals surface area contributed by atoms with Crippen LogP contribution in [0.1, 0.15) is 6.92 Å². The molecule has 0 radical (unpaired) electrons. The molecule has 0 saturated carbocycles. The highest BCUT2D eigenvalue weighted by atomic mass is 16.5. The Hall–Kier alpha value is -3.77. The van der Waals surface area contributed by atoms with E-state index >= 15 is 0 Å². The summed E-state index contributed by atoms with van der Waals surface area (Å²) in [6, 6.07) is 19.0. The molecule has 0 bridgehead atoms. The molecule has 1 aliphatic heterocycles. The SMILES string of the molecule is CC1COCCN1c1nc(-c2cccc3[nH]ccc23)nc2ccc(-c3cccnc3)cc12. The van der Waals surface area contributed by atoms with Crippen molar-refractivity contribution in [2.45, 2.75) is 13.0 Å². The van der Waals surface area contributed by atoms with Crippen molar-refractivity contribution >= 4 is 27.6 Å². The number of benzene rings is 2. The summed E-state index contributed by atoms with van der Waals surface area (Å²) in [5.41, 5.74) is 5.24. The van der Waals surface area contributed by atoms with Gasteiger partial charge in [-0.2, -0.15) is 0 Å². The van der Waals surface area contributed by atoms with E-state index in [9.17, 15) is 0 Å². The second-order valence-corrected chi connectivity index (χ2v) is 8.21. The van der Waals surface area contributed by atoms with Gasteiger partial charge >= 0.3 is 0 Å². The molecule has 4 heterocycles. The fraction of sp³-hybridized carbons (Fsp3) is 0.192. The first kappa shape index (κ1) is 19.0. The largest absolute Gasteiger partial charge is 0.377 e. The van der Waals surface area contributed by atoms with E-state index in [1.54, 1.807) is 6.20 Å². The molecule has 0 aliphatic carbocycles. The zero-order valence-corrected chi connectivity index (χ0v) is 17.8. The van der Waals surface area contributed by atoms with Crippen molar-refractivity contribution in [1.82, 2.24) is 19.9 Å². The number of aromatic nitrogens is 4. The average Bonchev–Trinajstić information content (AvgIpc) is 3.33. The fourth-order valence-corrected chi connectivity index (χ4v) is 4.49. The maximum absolute atomic E-state index is 5.70. The first-order chi connectivity index (χ1) is 15.8. The maximum atomic E-state index is 5.70. The van der Waals surface area contributed by atoms with Crippen molar-refractivity contribution in [3.05, 3.63) is 73.2 Å². The number of H-pyrrole nitrogens is 1. The molecule has 158 valence electrons. The number of ether oxygens (including phenoxy) is 1. The number of fused-ring (bicyclic) bond motifs is 2. The van der Waals surface area contributed by atoms with Crippen LogP contribution in [0.5, 0.6) is 0 Å². The van der Waals surface area contributed by atoms with Crippen molar-refractivity contribution < 1.29 is 4.74 Å². The molecule has 6 nitrogen and oxygen atoms in total. The molecular formula is C26H23N5O. The third-order valence-corrected chi connectivity index (χ3v) is 6.15. The summed E-state index contributed by atoms with van der Waals surface area (Å²) in [6.45, 7) is 4.38. The standard InChI is InChI=1S/C26H23N5O/c1-17-16-32-13-12-31(17)26-22-14-18(19-4-3-10-27-15-19)7-8-24(22)29-25(30-26)21-5-2-6-23-20(21)9-11-28-23/h2-11,14-15,17,28H,12-13,16H2,1H3. The fourth-order valence-electron chi connectivity index (χ4n) is 4.49. The summed E-state index contributed by atoms with van der Waals surface area (Å²) in [7, 11) is 0. The van der Waals surface area contributed by atoms with Crippen molar-refractivity contribution in [2.75, 3.05) is 24.7 Å². The minimum Gasteiger partial charge on any atom is -0.377 e. The lowest BCUT2D eigenvalue weighted by molar-refractivity contribution is 0.0987. The minimum atomic E-state index is 0.236. The highest BCUT2D eigenvalue weighted by Gasteiger charge is 2.24. The van der Waals surface area contributed by atoms with Gasteiger partial charge in [0.05, 0.1) is 24.8 Å². The number of morpholine rings is 1.